The highest BCUT2D eigenvalue weighted by Gasteiger charge is 2.41. The number of ether oxygens (including phenoxy) is 1. The number of aliphatic imine (C=N–C) groups is 1. The molecule has 1 aliphatic heterocycles. The average Bonchev–Trinajstić information content (AvgIpc) is 3.51. The molecule has 2 aromatic rings. The van der Waals surface area contributed by atoms with Crippen molar-refractivity contribution in [1.82, 2.24) is 4.90 Å². The van der Waals surface area contributed by atoms with E-state index in [1.807, 2.05) is 31.9 Å². The van der Waals surface area contributed by atoms with Gasteiger partial charge in [-0.05, 0) is 59.7 Å². The second kappa shape index (κ2) is 8.42. The summed E-state index contributed by atoms with van der Waals surface area (Å²) in [5.41, 5.74) is 7.69. The number of hydrogen-bond acceptors (Lipinski definition) is 4. The van der Waals surface area contributed by atoms with Crippen LogP contribution in [0.3, 0.4) is 0 Å². The maximum absolute atomic E-state index is 14.5. The quantitative estimate of drug-likeness (QED) is 0.677. The first-order valence-electron chi connectivity index (χ1n) is 10.7. The number of likely N-dealkylation sites (N-methyl/N-ethyl adjacent to an activating group) is 1. The molecule has 0 amide bonds. The van der Waals surface area contributed by atoms with Crippen molar-refractivity contribution in [3.05, 3.63) is 64.5 Å². The van der Waals surface area contributed by atoms with Gasteiger partial charge in [-0.3, -0.25) is 0 Å². The zero-order valence-electron chi connectivity index (χ0n) is 18.3. The van der Waals surface area contributed by atoms with Crippen molar-refractivity contribution in [3.8, 4) is 17.6 Å². The Morgan fingerprint density at radius 2 is 1.84 bits per heavy atom. The van der Waals surface area contributed by atoms with E-state index < -0.39 is 12.2 Å². The largest absolute Gasteiger partial charge is 0.435 e. The summed E-state index contributed by atoms with van der Waals surface area (Å²) in [4.78, 5) is 6.59. The standard InChI is InChI=1S/C25H26F3N3O/c1-15(2)20-13-19(9-11-22(20)32-23(27)28)25(14-31(3)24(29)30-25)18-8-10-21(26)17(12-18)7-6-16-4-5-16/h8-13,15-16,23H,4-5,14H2,1-3H3,(H2,29,30). The zero-order chi connectivity index (χ0) is 23.0. The highest BCUT2D eigenvalue weighted by molar-refractivity contribution is 5.81. The normalized spacial score (nSPS) is 20.4. The van der Waals surface area contributed by atoms with Gasteiger partial charge in [-0.25, -0.2) is 9.38 Å². The highest BCUT2D eigenvalue weighted by atomic mass is 19.3. The van der Waals surface area contributed by atoms with E-state index in [4.69, 9.17) is 15.5 Å². The van der Waals surface area contributed by atoms with Crippen LogP contribution < -0.4 is 10.5 Å². The van der Waals surface area contributed by atoms with Crippen molar-refractivity contribution >= 4 is 5.96 Å². The minimum Gasteiger partial charge on any atom is -0.435 e. The molecule has 0 radical (unpaired) electrons. The summed E-state index contributed by atoms with van der Waals surface area (Å²) < 4.78 is 45.0. The topological polar surface area (TPSA) is 50.8 Å². The molecule has 4 rings (SSSR count). The van der Waals surface area contributed by atoms with Gasteiger partial charge in [0.05, 0.1) is 12.1 Å². The lowest BCUT2D eigenvalue weighted by molar-refractivity contribution is -0.0505. The lowest BCUT2D eigenvalue weighted by Crippen LogP contribution is -2.35. The summed E-state index contributed by atoms with van der Waals surface area (Å²) in [6.07, 6.45) is 2.10. The van der Waals surface area contributed by atoms with E-state index in [0.717, 1.165) is 24.0 Å². The SMILES string of the molecule is CC(C)c1cc(C2(c3ccc(F)c(C#CC4CC4)c3)CN(C)C(N)=N2)ccc1OC(F)F. The maximum atomic E-state index is 14.5. The molecule has 1 atom stereocenters. The number of rotatable bonds is 5. The Kier molecular flexibility index (Phi) is 5.81. The molecule has 2 N–H and O–H groups in total. The van der Waals surface area contributed by atoms with Crippen LogP contribution in [-0.2, 0) is 5.54 Å². The highest BCUT2D eigenvalue weighted by Crippen LogP contribution is 2.41. The molecule has 0 bridgehead atoms. The van der Waals surface area contributed by atoms with E-state index >= 15 is 0 Å². The van der Waals surface area contributed by atoms with E-state index in [2.05, 4.69) is 11.8 Å². The summed E-state index contributed by atoms with van der Waals surface area (Å²) in [6.45, 7) is 1.33. The Balaban J connectivity index is 1.85. The molecule has 32 heavy (non-hydrogen) atoms. The predicted molar refractivity (Wildman–Crippen MR) is 118 cm³/mol. The molecule has 7 heteroatoms. The van der Waals surface area contributed by atoms with Crippen LogP contribution >= 0.6 is 0 Å². The van der Waals surface area contributed by atoms with Crippen molar-refractivity contribution < 1.29 is 17.9 Å². The van der Waals surface area contributed by atoms with Gasteiger partial charge in [-0.1, -0.05) is 37.8 Å². The Labute approximate surface area is 186 Å². The maximum Gasteiger partial charge on any atom is 0.387 e. The number of guanidine groups is 1. The molecule has 1 fully saturated rings. The van der Waals surface area contributed by atoms with Crippen LogP contribution in [0.2, 0.25) is 0 Å². The number of hydrogen-bond donors (Lipinski definition) is 1. The number of benzene rings is 2. The first-order chi connectivity index (χ1) is 15.2. The summed E-state index contributed by atoms with van der Waals surface area (Å²) in [5, 5.41) is 0. The Hall–Kier alpha value is -3.14. The summed E-state index contributed by atoms with van der Waals surface area (Å²) in [7, 11) is 1.83. The third kappa shape index (κ3) is 4.27. The van der Waals surface area contributed by atoms with Gasteiger partial charge in [0.2, 0.25) is 0 Å². The Morgan fingerprint density at radius 1 is 1.16 bits per heavy atom. The van der Waals surface area contributed by atoms with Gasteiger partial charge in [-0.15, -0.1) is 0 Å². The third-order valence-electron chi connectivity index (χ3n) is 5.92. The molecule has 1 unspecified atom stereocenters. The predicted octanol–water partition coefficient (Wildman–Crippen LogP) is 4.82. The molecule has 4 nitrogen and oxygen atoms in total. The fourth-order valence-corrected chi connectivity index (χ4v) is 3.96. The summed E-state index contributed by atoms with van der Waals surface area (Å²) in [6, 6.07) is 9.90. The van der Waals surface area contributed by atoms with Gasteiger partial charge in [0.25, 0.3) is 0 Å². The van der Waals surface area contributed by atoms with Gasteiger partial charge in [0.15, 0.2) is 5.96 Å². The van der Waals surface area contributed by atoms with Crippen molar-refractivity contribution in [2.24, 2.45) is 16.6 Å². The summed E-state index contributed by atoms with van der Waals surface area (Å²) in [5.74, 6) is 6.44. The van der Waals surface area contributed by atoms with Gasteiger partial charge in [0, 0.05) is 13.0 Å². The van der Waals surface area contributed by atoms with Crippen molar-refractivity contribution in [1.29, 1.82) is 0 Å². The first kappa shape index (κ1) is 22.1. The Morgan fingerprint density at radius 3 is 2.44 bits per heavy atom. The van der Waals surface area contributed by atoms with E-state index in [9.17, 15) is 13.2 Å². The smallest absolute Gasteiger partial charge is 0.387 e. The molecular weight excluding hydrogens is 415 g/mol. The molecule has 1 saturated carbocycles. The van der Waals surface area contributed by atoms with Crippen molar-refractivity contribution in [3.63, 3.8) is 0 Å². The Bertz CT molecular complexity index is 1120. The van der Waals surface area contributed by atoms with Crippen LogP contribution in [0, 0.1) is 23.6 Å². The van der Waals surface area contributed by atoms with Gasteiger partial charge < -0.3 is 15.4 Å². The van der Waals surface area contributed by atoms with E-state index in [1.165, 1.54) is 6.07 Å². The molecular formula is C25H26F3N3O. The third-order valence-corrected chi connectivity index (χ3v) is 5.92. The van der Waals surface area contributed by atoms with Crippen LogP contribution in [0.1, 0.15) is 54.9 Å². The second-order valence-electron chi connectivity index (χ2n) is 8.71. The lowest BCUT2D eigenvalue weighted by atomic mass is 9.81. The van der Waals surface area contributed by atoms with Crippen LogP contribution in [0.5, 0.6) is 5.75 Å². The molecule has 168 valence electrons. The number of alkyl halides is 2. The van der Waals surface area contributed by atoms with Crippen LogP contribution in [0.4, 0.5) is 13.2 Å². The minimum absolute atomic E-state index is 0.0607. The molecule has 2 aromatic carbocycles. The van der Waals surface area contributed by atoms with Gasteiger partial charge >= 0.3 is 6.61 Å². The number of halogens is 3. The fourth-order valence-electron chi connectivity index (χ4n) is 3.96. The molecule has 0 spiro atoms. The lowest BCUT2D eigenvalue weighted by Gasteiger charge is -2.29. The van der Waals surface area contributed by atoms with Crippen LogP contribution in [-0.4, -0.2) is 31.1 Å². The monoisotopic (exact) mass is 441 g/mol. The molecule has 2 aliphatic rings. The van der Waals surface area contributed by atoms with Gasteiger partial charge in [0.1, 0.15) is 17.1 Å². The van der Waals surface area contributed by atoms with Crippen LogP contribution in [0.15, 0.2) is 41.4 Å². The van der Waals surface area contributed by atoms with Gasteiger partial charge in [-0.2, -0.15) is 8.78 Å². The summed E-state index contributed by atoms with van der Waals surface area (Å²) >= 11 is 0. The molecule has 1 heterocycles. The van der Waals surface area contributed by atoms with Crippen LogP contribution in [0.25, 0.3) is 0 Å². The van der Waals surface area contributed by atoms with E-state index in [-0.39, 0.29) is 17.5 Å². The number of nitrogens with two attached hydrogens (primary N) is 1. The number of nitrogens with zero attached hydrogens (tertiary/aromatic N) is 2. The van der Waals surface area contributed by atoms with Crippen molar-refractivity contribution in [2.45, 2.75) is 44.8 Å². The molecule has 0 aromatic heterocycles. The minimum atomic E-state index is -2.91. The van der Waals surface area contributed by atoms with Crippen molar-refractivity contribution in [2.75, 3.05) is 13.6 Å². The molecule has 0 saturated heterocycles. The fraction of sp³-hybridized carbons (Fsp3) is 0.400. The van der Waals surface area contributed by atoms with E-state index in [1.54, 1.807) is 24.3 Å². The second-order valence-corrected chi connectivity index (χ2v) is 8.71. The average molecular weight is 441 g/mol. The van der Waals surface area contributed by atoms with E-state index in [0.29, 0.717) is 29.5 Å². The zero-order valence-corrected chi connectivity index (χ0v) is 18.3. The first-order valence-corrected chi connectivity index (χ1v) is 10.7. The molecule has 1 aliphatic carbocycles.